The van der Waals surface area contributed by atoms with E-state index in [1.165, 1.54) is 19.3 Å². The molecule has 1 aliphatic heterocycles. The maximum absolute atomic E-state index is 4.96. The van der Waals surface area contributed by atoms with Gasteiger partial charge in [0.15, 0.2) is 5.76 Å². The number of rotatable bonds is 2. The van der Waals surface area contributed by atoms with Crippen molar-refractivity contribution in [3.8, 4) is 0 Å². The first-order chi connectivity index (χ1) is 6.45. The summed E-state index contributed by atoms with van der Waals surface area (Å²) < 4.78 is 4.96. The second kappa shape index (κ2) is 4.23. The fourth-order valence-corrected chi connectivity index (χ4v) is 1.57. The van der Waals surface area contributed by atoms with Crippen molar-refractivity contribution in [2.24, 2.45) is 0 Å². The van der Waals surface area contributed by atoms with Crippen molar-refractivity contribution in [3.63, 3.8) is 0 Å². The Kier molecular flexibility index (Phi) is 2.77. The average molecular weight is 178 g/mol. The summed E-state index contributed by atoms with van der Waals surface area (Å²) in [5, 5.41) is 7.07. The lowest BCUT2D eigenvalue weighted by Crippen LogP contribution is -2.31. The van der Waals surface area contributed by atoms with Gasteiger partial charge in [0.25, 0.3) is 0 Å². The number of nitrogens with one attached hydrogen (secondary N) is 1. The fourth-order valence-electron chi connectivity index (χ4n) is 1.57. The molecule has 0 spiro atoms. The van der Waals surface area contributed by atoms with Crippen molar-refractivity contribution >= 4 is 6.08 Å². The lowest BCUT2D eigenvalue weighted by Gasteiger charge is -2.19. The molecule has 70 valence electrons. The molecule has 0 aliphatic carbocycles. The van der Waals surface area contributed by atoms with Gasteiger partial charge in [-0.3, -0.25) is 0 Å². The van der Waals surface area contributed by atoms with Gasteiger partial charge in [-0.25, -0.2) is 0 Å². The second-order valence-corrected chi connectivity index (χ2v) is 3.33. The maximum Gasteiger partial charge on any atom is 0.159 e. The molecule has 1 atom stereocenters. The standard InChI is InChI=1S/C10H14N2O/c1-2-7-11-9(3-1)4-5-10-6-8-12-13-10/h4-6,8-9,11H,1-3,7H2/b5-4-. The highest BCUT2D eigenvalue weighted by molar-refractivity contribution is 5.42. The van der Waals surface area contributed by atoms with Gasteiger partial charge in [-0.2, -0.15) is 0 Å². The lowest BCUT2D eigenvalue weighted by atomic mass is 10.0. The van der Waals surface area contributed by atoms with Crippen LogP contribution in [0.15, 0.2) is 22.9 Å². The van der Waals surface area contributed by atoms with Gasteiger partial charge in [0.2, 0.25) is 0 Å². The summed E-state index contributed by atoms with van der Waals surface area (Å²) >= 11 is 0. The minimum absolute atomic E-state index is 0.513. The maximum atomic E-state index is 4.96. The van der Waals surface area contributed by atoms with Crippen LogP contribution >= 0.6 is 0 Å². The van der Waals surface area contributed by atoms with Crippen molar-refractivity contribution in [2.45, 2.75) is 25.3 Å². The highest BCUT2D eigenvalue weighted by atomic mass is 16.5. The van der Waals surface area contributed by atoms with Gasteiger partial charge in [0.05, 0.1) is 6.20 Å². The van der Waals surface area contributed by atoms with Crippen LogP contribution in [0.4, 0.5) is 0 Å². The Morgan fingerprint density at radius 3 is 3.23 bits per heavy atom. The molecular formula is C10H14N2O. The molecule has 0 bridgehead atoms. The van der Waals surface area contributed by atoms with Crippen LogP contribution in [-0.4, -0.2) is 17.7 Å². The van der Waals surface area contributed by atoms with E-state index in [4.69, 9.17) is 4.52 Å². The highest BCUT2D eigenvalue weighted by Crippen LogP contribution is 2.09. The predicted octanol–water partition coefficient (Wildman–Crippen LogP) is 1.83. The molecule has 0 radical (unpaired) electrons. The smallest absolute Gasteiger partial charge is 0.159 e. The van der Waals surface area contributed by atoms with Crippen LogP contribution in [0.2, 0.25) is 0 Å². The topological polar surface area (TPSA) is 38.1 Å². The van der Waals surface area contributed by atoms with Gasteiger partial charge in [-0.05, 0) is 25.5 Å². The molecule has 1 N–H and O–H groups in total. The Labute approximate surface area is 77.8 Å². The predicted molar refractivity (Wildman–Crippen MR) is 51.2 cm³/mol. The van der Waals surface area contributed by atoms with Crippen LogP contribution < -0.4 is 5.32 Å². The summed E-state index contributed by atoms with van der Waals surface area (Å²) in [6, 6.07) is 2.37. The third-order valence-electron chi connectivity index (χ3n) is 2.30. The van der Waals surface area contributed by atoms with E-state index in [0.29, 0.717) is 6.04 Å². The van der Waals surface area contributed by atoms with E-state index in [-0.39, 0.29) is 0 Å². The van der Waals surface area contributed by atoms with E-state index in [9.17, 15) is 0 Å². The minimum Gasteiger partial charge on any atom is -0.357 e. The molecular weight excluding hydrogens is 164 g/mol. The van der Waals surface area contributed by atoms with E-state index in [0.717, 1.165) is 12.3 Å². The summed E-state index contributed by atoms with van der Waals surface area (Å²) in [7, 11) is 0. The van der Waals surface area contributed by atoms with E-state index in [2.05, 4.69) is 16.5 Å². The van der Waals surface area contributed by atoms with E-state index < -0.39 is 0 Å². The quantitative estimate of drug-likeness (QED) is 0.750. The van der Waals surface area contributed by atoms with Crippen LogP contribution in [-0.2, 0) is 0 Å². The summed E-state index contributed by atoms with van der Waals surface area (Å²) in [5.74, 6) is 0.826. The zero-order chi connectivity index (χ0) is 8.93. The average Bonchev–Trinajstić information content (AvgIpc) is 2.69. The number of nitrogens with zero attached hydrogens (tertiary/aromatic N) is 1. The molecule has 1 aliphatic rings. The molecule has 1 saturated heterocycles. The third-order valence-corrected chi connectivity index (χ3v) is 2.30. The monoisotopic (exact) mass is 178 g/mol. The number of hydrogen-bond acceptors (Lipinski definition) is 3. The number of piperidine rings is 1. The van der Waals surface area contributed by atoms with Crippen LogP contribution in [0, 0.1) is 0 Å². The molecule has 1 unspecified atom stereocenters. The second-order valence-electron chi connectivity index (χ2n) is 3.33. The van der Waals surface area contributed by atoms with Crippen LogP contribution in [0.5, 0.6) is 0 Å². The summed E-state index contributed by atoms with van der Waals surface area (Å²) in [6.07, 6.45) is 9.64. The van der Waals surface area contributed by atoms with Gasteiger partial charge >= 0.3 is 0 Å². The van der Waals surface area contributed by atoms with Gasteiger partial charge in [-0.1, -0.05) is 17.7 Å². The van der Waals surface area contributed by atoms with Gasteiger partial charge in [-0.15, -0.1) is 0 Å². The Morgan fingerprint density at radius 1 is 1.54 bits per heavy atom. The van der Waals surface area contributed by atoms with Gasteiger partial charge in [0.1, 0.15) is 0 Å². The largest absolute Gasteiger partial charge is 0.357 e. The van der Waals surface area contributed by atoms with Gasteiger partial charge < -0.3 is 9.84 Å². The Bertz CT molecular complexity index is 260. The molecule has 0 saturated carbocycles. The fraction of sp³-hybridized carbons (Fsp3) is 0.500. The van der Waals surface area contributed by atoms with Gasteiger partial charge in [0, 0.05) is 12.1 Å². The zero-order valence-corrected chi connectivity index (χ0v) is 7.57. The van der Waals surface area contributed by atoms with Crippen molar-refractivity contribution in [2.75, 3.05) is 6.54 Å². The van der Waals surface area contributed by atoms with Crippen LogP contribution in [0.3, 0.4) is 0 Å². The van der Waals surface area contributed by atoms with Crippen molar-refractivity contribution < 1.29 is 4.52 Å². The molecule has 3 heteroatoms. The lowest BCUT2D eigenvalue weighted by molar-refractivity contribution is 0.411. The van der Waals surface area contributed by atoms with Crippen molar-refractivity contribution in [3.05, 3.63) is 24.1 Å². The number of hydrogen-bond donors (Lipinski definition) is 1. The van der Waals surface area contributed by atoms with Crippen molar-refractivity contribution in [1.29, 1.82) is 0 Å². The SMILES string of the molecule is C(=C/C1CCCCN1)/c1ccno1. The Hall–Kier alpha value is -1.09. The zero-order valence-electron chi connectivity index (χ0n) is 7.57. The first-order valence-electron chi connectivity index (χ1n) is 4.77. The molecule has 1 fully saturated rings. The molecule has 13 heavy (non-hydrogen) atoms. The normalized spacial score (nSPS) is 23.8. The van der Waals surface area contributed by atoms with Crippen LogP contribution in [0.25, 0.3) is 6.08 Å². The summed E-state index contributed by atoms with van der Waals surface area (Å²) in [4.78, 5) is 0. The van der Waals surface area contributed by atoms with E-state index in [1.54, 1.807) is 6.20 Å². The Balaban J connectivity index is 1.89. The van der Waals surface area contributed by atoms with E-state index >= 15 is 0 Å². The summed E-state index contributed by atoms with van der Waals surface area (Å²) in [6.45, 7) is 1.13. The first kappa shape index (κ1) is 8.51. The van der Waals surface area contributed by atoms with E-state index in [1.807, 2.05) is 12.1 Å². The molecule has 1 aromatic heterocycles. The molecule has 1 aromatic rings. The van der Waals surface area contributed by atoms with Crippen LogP contribution in [0.1, 0.15) is 25.0 Å². The third kappa shape index (κ3) is 2.42. The molecule has 0 amide bonds. The first-order valence-corrected chi connectivity index (χ1v) is 4.77. The molecule has 0 aromatic carbocycles. The summed E-state index contributed by atoms with van der Waals surface area (Å²) in [5.41, 5.74) is 0. The molecule has 2 heterocycles. The molecule has 3 nitrogen and oxygen atoms in total. The van der Waals surface area contributed by atoms with Crippen molar-refractivity contribution in [1.82, 2.24) is 10.5 Å². The molecule has 2 rings (SSSR count). The minimum atomic E-state index is 0.513. The Morgan fingerprint density at radius 2 is 2.54 bits per heavy atom. The number of aromatic nitrogens is 1. The highest BCUT2D eigenvalue weighted by Gasteiger charge is 2.08.